The Hall–Kier alpha value is -0.677. The summed E-state index contributed by atoms with van der Waals surface area (Å²) in [6, 6.07) is 0. The molecule has 0 atom stereocenters. The van der Waals surface area contributed by atoms with E-state index in [0.717, 1.165) is 25.7 Å². The van der Waals surface area contributed by atoms with Gasteiger partial charge in [0.2, 0.25) is 0 Å². The SMILES string of the molecule is C=CCC1=[C-]CC=C1.C=CCC1=[C-]CC=C1.[Zr+2]. The zero-order valence-corrected chi connectivity index (χ0v) is 12.7. The molecule has 0 aromatic rings. The maximum atomic E-state index is 3.63. The smallest absolute Gasteiger partial charge is 0.269 e. The molecule has 0 nitrogen and oxygen atoms in total. The van der Waals surface area contributed by atoms with Crippen LogP contribution in [0.2, 0.25) is 0 Å². The van der Waals surface area contributed by atoms with Crippen LogP contribution in [0.25, 0.3) is 0 Å². The second-order valence-electron chi connectivity index (χ2n) is 3.60. The van der Waals surface area contributed by atoms with Crippen molar-refractivity contribution in [3.8, 4) is 0 Å². The number of hydrogen-bond donors (Lipinski definition) is 0. The van der Waals surface area contributed by atoms with Crippen LogP contribution in [0.1, 0.15) is 25.7 Å². The first-order valence-electron chi connectivity index (χ1n) is 5.61. The molecular weight excluding hydrogens is 283 g/mol. The molecule has 0 unspecified atom stereocenters. The normalized spacial score (nSPS) is 15.3. The molecule has 0 saturated heterocycles. The van der Waals surface area contributed by atoms with E-state index in [2.05, 4.69) is 49.6 Å². The Bertz CT molecular complexity index is 318. The van der Waals surface area contributed by atoms with Crippen LogP contribution < -0.4 is 0 Å². The number of allylic oxidation sites excluding steroid dienone is 10. The summed E-state index contributed by atoms with van der Waals surface area (Å²) in [5, 5.41) is 0. The van der Waals surface area contributed by atoms with E-state index in [-0.39, 0.29) is 26.2 Å². The summed E-state index contributed by atoms with van der Waals surface area (Å²) in [5.74, 6) is 0. The van der Waals surface area contributed by atoms with Gasteiger partial charge in [-0.05, 0) is 12.8 Å². The molecule has 86 valence electrons. The van der Waals surface area contributed by atoms with E-state index in [1.165, 1.54) is 11.1 Å². The van der Waals surface area contributed by atoms with Gasteiger partial charge in [-0.15, -0.1) is 26.0 Å². The maximum Gasteiger partial charge on any atom is 2.00 e. The largest absolute Gasteiger partial charge is 2.00 e. The van der Waals surface area contributed by atoms with Gasteiger partial charge in [0.1, 0.15) is 0 Å². The van der Waals surface area contributed by atoms with E-state index in [0.29, 0.717) is 0 Å². The summed E-state index contributed by atoms with van der Waals surface area (Å²) in [6.07, 6.45) is 22.5. The molecule has 0 saturated carbocycles. The van der Waals surface area contributed by atoms with Crippen LogP contribution in [0, 0.1) is 12.2 Å². The first-order chi connectivity index (χ1) is 7.86. The second kappa shape index (κ2) is 10.5. The number of hydrogen-bond acceptors (Lipinski definition) is 0. The molecule has 0 aromatic carbocycles. The van der Waals surface area contributed by atoms with Gasteiger partial charge in [0.15, 0.2) is 0 Å². The topological polar surface area (TPSA) is 0 Å². The van der Waals surface area contributed by atoms with Crippen LogP contribution in [0.5, 0.6) is 0 Å². The van der Waals surface area contributed by atoms with E-state index in [9.17, 15) is 0 Å². The minimum atomic E-state index is 0. The maximum absolute atomic E-state index is 3.63. The van der Waals surface area contributed by atoms with Crippen molar-refractivity contribution in [2.24, 2.45) is 0 Å². The van der Waals surface area contributed by atoms with Crippen molar-refractivity contribution >= 4 is 0 Å². The van der Waals surface area contributed by atoms with Crippen LogP contribution in [-0.4, -0.2) is 0 Å². The average molecular weight is 302 g/mol. The molecule has 1 heteroatoms. The molecule has 2 rings (SSSR count). The van der Waals surface area contributed by atoms with Gasteiger partial charge in [0.25, 0.3) is 0 Å². The molecule has 17 heavy (non-hydrogen) atoms. The molecular formula is C16H18Zr. The fourth-order valence-corrected chi connectivity index (χ4v) is 1.49. The van der Waals surface area contributed by atoms with Crippen LogP contribution >= 0.6 is 0 Å². The summed E-state index contributed by atoms with van der Waals surface area (Å²) < 4.78 is 0. The Morgan fingerprint density at radius 1 is 0.941 bits per heavy atom. The van der Waals surface area contributed by atoms with Gasteiger partial charge >= 0.3 is 26.2 Å². The van der Waals surface area contributed by atoms with E-state index in [4.69, 9.17) is 0 Å². The summed E-state index contributed by atoms with van der Waals surface area (Å²) in [7, 11) is 0. The molecule has 0 fully saturated rings. The first kappa shape index (κ1) is 16.3. The molecule has 0 aromatic heterocycles. The monoisotopic (exact) mass is 300 g/mol. The second-order valence-corrected chi connectivity index (χ2v) is 3.60. The molecule has 0 amide bonds. The third kappa shape index (κ3) is 7.28. The van der Waals surface area contributed by atoms with E-state index >= 15 is 0 Å². The first-order valence-corrected chi connectivity index (χ1v) is 5.61. The van der Waals surface area contributed by atoms with Crippen molar-refractivity contribution in [3.63, 3.8) is 0 Å². The van der Waals surface area contributed by atoms with Crippen molar-refractivity contribution in [2.45, 2.75) is 25.7 Å². The molecule has 0 aliphatic heterocycles. The Morgan fingerprint density at radius 2 is 1.35 bits per heavy atom. The molecule has 0 bridgehead atoms. The summed E-state index contributed by atoms with van der Waals surface area (Å²) in [6.45, 7) is 7.26. The zero-order chi connectivity index (χ0) is 11.6. The van der Waals surface area contributed by atoms with Gasteiger partial charge in [-0.25, -0.2) is 23.3 Å². The Labute approximate surface area is 124 Å². The third-order valence-corrected chi connectivity index (χ3v) is 2.26. The van der Waals surface area contributed by atoms with Crippen molar-refractivity contribution in [2.75, 3.05) is 0 Å². The summed E-state index contributed by atoms with van der Waals surface area (Å²) in [5.41, 5.74) is 2.56. The minimum Gasteiger partial charge on any atom is -0.269 e. The van der Waals surface area contributed by atoms with Gasteiger partial charge in [0, 0.05) is 0 Å². The van der Waals surface area contributed by atoms with Gasteiger partial charge < -0.3 is 0 Å². The standard InChI is InChI=1S/2C8H9.Zr/c2*1-2-5-8-6-3-4-7-8;/h2*2-3,6H,1,4-5H2;/q2*-1;+2. The van der Waals surface area contributed by atoms with E-state index < -0.39 is 0 Å². The molecule has 2 aliphatic rings. The third-order valence-electron chi connectivity index (χ3n) is 2.26. The van der Waals surface area contributed by atoms with Crippen molar-refractivity contribution < 1.29 is 26.2 Å². The van der Waals surface area contributed by atoms with Crippen molar-refractivity contribution in [1.29, 1.82) is 0 Å². The van der Waals surface area contributed by atoms with E-state index in [1.807, 2.05) is 12.2 Å². The van der Waals surface area contributed by atoms with Gasteiger partial charge in [-0.1, -0.05) is 12.2 Å². The minimum absolute atomic E-state index is 0. The Kier molecular flexibility index (Phi) is 10.1. The Balaban J connectivity index is 0.000000284. The quantitative estimate of drug-likeness (QED) is 0.530. The van der Waals surface area contributed by atoms with Crippen molar-refractivity contribution in [3.05, 3.63) is 72.9 Å². The van der Waals surface area contributed by atoms with Crippen LogP contribution in [0.3, 0.4) is 0 Å². The molecule has 2 aliphatic carbocycles. The average Bonchev–Trinajstić information content (AvgIpc) is 2.92. The molecule has 0 radical (unpaired) electrons. The predicted octanol–water partition coefficient (Wildman–Crippen LogP) is 4.50. The predicted molar refractivity (Wildman–Crippen MR) is 70.7 cm³/mol. The fourth-order valence-electron chi connectivity index (χ4n) is 1.49. The van der Waals surface area contributed by atoms with Gasteiger partial charge in [-0.3, -0.25) is 12.2 Å². The number of rotatable bonds is 4. The molecule has 0 heterocycles. The fraction of sp³-hybridized carbons (Fsp3) is 0.250. The van der Waals surface area contributed by atoms with Crippen LogP contribution in [-0.2, 0) is 26.2 Å². The Morgan fingerprint density at radius 3 is 1.59 bits per heavy atom. The van der Waals surface area contributed by atoms with Gasteiger partial charge in [-0.2, -0.15) is 12.2 Å². The zero-order valence-electron chi connectivity index (χ0n) is 10.2. The summed E-state index contributed by atoms with van der Waals surface area (Å²) in [4.78, 5) is 0. The summed E-state index contributed by atoms with van der Waals surface area (Å²) >= 11 is 0. The van der Waals surface area contributed by atoms with Crippen LogP contribution in [0.4, 0.5) is 0 Å². The van der Waals surface area contributed by atoms with E-state index in [1.54, 1.807) is 0 Å². The molecule has 0 N–H and O–H groups in total. The van der Waals surface area contributed by atoms with Gasteiger partial charge in [0.05, 0.1) is 0 Å². The molecule has 0 spiro atoms. The van der Waals surface area contributed by atoms with Crippen molar-refractivity contribution in [1.82, 2.24) is 0 Å². The van der Waals surface area contributed by atoms with Crippen LogP contribution in [0.15, 0.2) is 60.8 Å².